The van der Waals surface area contributed by atoms with Gasteiger partial charge < -0.3 is 0 Å². The van der Waals surface area contributed by atoms with Gasteiger partial charge in [-0.05, 0) is 108 Å². The van der Waals surface area contributed by atoms with Gasteiger partial charge in [0.1, 0.15) is 0 Å². The maximum absolute atomic E-state index is 5.28. The number of nitrogens with zero attached hydrogens (tertiary/aromatic N) is 2. The van der Waals surface area contributed by atoms with Gasteiger partial charge in [0.2, 0.25) is 0 Å². The summed E-state index contributed by atoms with van der Waals surface area (Å²) in [4.78, 5) is 10.5. The third-order valence-corrected chi connectivity index (χ3v) is 12.3. The van der Waals surface area contributed by atoms with Crippen LogP contribution in [0.4, 0.5) is 0 Å². The van der Waals surface area contributed by atoms with E-state index >= 15 is 0 Å². The summed E-state index contributed by atoms with van der Waals surface area (Å²) in [7, 11) is 0. The van der Waals surface area contributed by atoms with Crippen LogP contribution < -0.4 is 0 Å². The van der Waals surface area contributed by atoms with Crippen molar-refractivity contribution in [2.45, 2.75) is 19.3 Å². The van der Waals surface area contributed by atoms with Crippen molar-refractivity contribution in [1.29, 1.82) is 0 Å². The normalized spacial score (nSPS) is 12.7. The highest BCUT2D eigenvalue weighted by molar-refractivity contribution is 6.06. The van der Waals surface area contributed by atoms with E-state index in [0.29, 0.717) is 5.82 Å². The molecule has 0 fully saturated rings. The van der Waals surface area contributed by atoms with Gasteiger partial charge in [0.05, 0.1) is 11.4 Å². The number of benzene rings is 9. The number of fused-ring (bicyclic) bond motifs is 5. The summed E-state index contributed by atoms with van der Waals surface area (Å²) in [6.45, 7) is 4.68. The highest BCUT2D eigenvalue weighted by Crippen LogP contribution is 2.50. The van der Waals surface area contributed by atoms with Crippen LogP contribution in [0.15, 0.2) is 206 Å². The Hall–Kier alpha value is -7.42. The van der Waals surface area contributed by atoms with Crippen molar-refractivity contribution in [2.24, 2.45) is 0 Å². The largest absolute Gasteiger partial charge is 0.228 e. The van der Waals surface area contributed by atoms with E-state index in [1.54, 1.807) is 0 Å². The van der Waals surface area contributed by atoms with Crippen molar-refractivity contribution in [3.63, 3.8) is 0 Å². The molecule has 0 atom stereocenters. The van der Waals surface area contributed by atoms with Crippen LogP contribution in [0.25, 0.3) is 100.0 Å². The lowest BCUT2D eigenvalue weighted by molar-refractivity contribution is 0.660. The highest BCUT2D eigenvalue weighted by atomic mass is 14.9. The first-order valence-corrected chi connectivity index (χ1v) is 20.4. The first-order valence-electron chi connectivity index (χ1n) is 20.4. The molecule has 0 N–H and O–H groups in total. The van der Waals surface area contributed by atoms with Gasteiger partial charge in [-0.2, -0.15) is 0 Å². The van der Waals surface area contributed by atoms with Gasteiger partial charge >= 0.3 is 0 Å². The zero-order valence-electron chi connectivity index (χ0n) is 33.0. The van der Waals surface area contributed by atoms with Gasteiger partial charge in [-0.1, -0.05) is 190 Å². The van der Waals surface area contributed by atoms with Crippen molar-refractivity contribution in [1.82, 2.24) is 9.97 Å². The Morgan fingerprint density at radius 3 is 1.59 bits per heavy atom. The summed E-state index contributed by atoms with van der Waals surface area (Å²) < 4.78 is 0. The number of hydrogen-bond donors (Lipinski definition) is 0. The van der Waals surface area contributed by atoms with Crippen LogP contribution in [0.3, 0.4) is 0 Å². The van der Waals surface area contributed by atoms with Gasteiger partial charge in [0.15, 0.2) is 5.82 Å². The molecule has 59 heavy (non-hydrogen) atoms. The second-order valence-electron chi connectivity index (χ2n) is 16.2. The van der Waals surface area contributed by atoms with E-state index in [9.17, 15) is 0 Å². The molecule has 2 heteroatoms. The fraction of sp³-hybridized carbons (Fsp3) is 0.0526. The second kappa shape index (κ2) is 13.9. The number of rotatable bonds is 6. The molecule has 1 aliphatic carbocycles. The molecule has 0 bridgehead atoms. The minimum Gasteiger partial charge on any atom is -0.228 e. The molecular formula is C57H40N2. The van der Waals surface area contributed by atoms with E-state index in [1.807, 2.05) is 18.2 Å². The SMILES string of the molecule is CC1(C)c2ccccc2-c2cc(-c3cc(-c4ccccc4)cc(-c4ccc(-c5cc(-c6cccc7ccccc67)nc(-c6ccccc6)n5)c5ccccc45)c3)ccc21. The Balaban J connectivity index is 1.10. The van der Waals surface area contributed by atoms with E-state index < -0.39 is 0 Å². The van der Waals surface area contributed by atoms with Crippen LogP contribution in [-0.4, -0.2) is 9.97 Å². The minimum atomic E-state index is -0.0383. The van der Waals surface area contributed by atoms with Gasteiger partial charge in [-0.25, -0.2) is 9.97 Å². The van der Waals surface area contributed by atoms with Crippen molar-refractivity contribution < 1.29 is 0 Å². The molecule has 0 aliphatic heterocycles. The highest BCUT2D eigenvalue weighted by Gasteiger charge is 2.35. The molecule has 2 nitrogen and oxygen atoms in total. The predicted molar refractivity (Wildman–Crippen MR) is 247 cm³/mol. The third-order valence-electron chi connectivity index (χ3n) is 12.3. The zero-order valence-corrected chi connectivity index (χ0v) is 33.0. The van der Waals surface area contributed by atoms with Crippen molar-refractivity contribution in [3.05, 3.63) is 217 Å². The monoisotopic (exact) mass is 752 g/mol. The Bertz CT molecular complexity index is 3230. The van der Waals surface area contributed by atoms with E-state index in [2.05, 4.69) is 202 Å². The average Bonchev–Trinajstić information content (AvgIpc) is 3.53. The smallest absolute Gasteiger partial charge is 0.160 e. The molecule has 0 saturated heterocycles. The van der Waals surface area contributed by atoms with Crippen molar-refractivity contribution in [2.75, 3.05) is 0 Å². The standard InChI is InChI=1S/C57H40N2/c1-57(2)52-27-14-13-25-48(52)51-35-40(28-31-53(51)57)42-32-41(37-16-5-3-6-17-37)33-43(34-42)45-29-30-50(47-24-12-11-23-46(45)47)55-36-54(58-56(59-55)39-19-7-4-8-20-39)49-26-15-21-38-18-9-10-22-44(38)49/h3-36H,1-2H3. The van der Waals surface area contributed by atoms with E-state index in [4.69, 9.17) is 9.97 Å². The van der Waals surface area contributed by atoms with Gasteiger partial charge in [0, 0.05) is 22.1 Å². The predicted octanol–water partition coefficient (Wildman–Crippen LogP) is 15.1. The molecule has 9 aromatic carbocycles. The van der Waals surface area contributed by atoms with Crippen LogP contribution >= 0.6 is 0 Å². The van der Waals surface area contributed by atoms with Gasteiger partial charge in [-0.15, -0.1) is 0 Å². The fourth-order valence-corrected chi connectivity index (χ4v) is 9.31. The van der Waals surface area contributed by atoms with Crippen LogP contribution in [0.1, 0.15) is 25.0 Å². The second-order valence-corrected chi connectivity index (χ2v) is 16.2. The maximum Gasteiger partial charge on any atom is 0.160 e. The molecule has 0 radical (unpaired) electrons. The fourth-order valence-electron chi connectivity index (χ4n) is 9.31. The van der Waals surface area contributed by atoms with E-state index in [1.165, 1.54) is 71.8 Å². The first-order chi connectivity index (χ1) is 29.0. The summed E-state index contributed by atoms with van der Waals surface area (Å²) in [6.07, 6.45) is 0. The molecule has 1 heterocycles. The van der Waals surface area contributed by atoms with Crippen LogP contribution in [0.5, 0.6) is 0 Å². The van der Waals surface area contributed by atoms with Crippen molar-refractivity contribution >= 4 is 21.5 Å². The van der Waals surface area contributed by atoms with Crippen LogP contribution in [-0.2, 0) is 5.41 Å². The minimum absolute atomic E-state index is 0.0383. The summed E-state index contributed by atoms with van der Waals surface area (Å²) in [6, 6.07) is 74.5. The molecule has 1 aromatic heterocycles. The molecule has 1 aliphatic rings. The lowest BCUT2D eigenvalue weighted by atomic mass is 9.82. The first kappa shape index (κ1) is 34.8. The topological polar surface area (TPSA) is 25.8 Å². The molecule has 11 rings (SSSR count). The number of hydrogen-bond acceptors (Lipinski definition) is 2. The maximum atomic E-state index is 5.28. The molecule has 10 aromatic rings. The van der Waals surface area contributed by atoms with Gasteiger partial charge in [0.25, 0.3) is 0 Å². The Kier molecular flexibility index (Phi) is 8.20. The lowest BCUT2D eigenvalue weighted by Gasteiger charge is -2.21. The average molecular weight is 753 g/mol. The molecule has 0 unspecified atom stereocenters. The van der Waals surface area contributed by atoms with Gasteiger partial charge in [-0.3, -0.25) is 0 Å². The molecular weight excluding hydrogens is 713 g/mol. The molecule has 0 amide bonds. The third kappa shape index (κ3) is 5.96. The van der Waals surface area contributed by atoms with Crippen LogP contribution in [0, 0.1) is 0 Å². The zero-order chi connectivity index (χ0) is 39.5. The summed E-state index contributed by atoms with van der Waals surface area (Å²) in [5.74, 6) is 0.708. The molecule has 0 spiro atoms. The lowest BCUT2D eigenvalue weighted by Crippen LogP contribution is -2.14. The Labute approximate surface area is 345 Å². The van der Waals surface area contributed by atoms with E-state index in [-0.39, 0.29) is 5.41 Å². The van der Waals surface area contributed by atoms with E-state index in [0.717, 1.165) is 33.5 Å². The summed E-state index contributed by atoms with van der Waals surface area (Å²) >= 11 is 0. The molecule has 0 saturated carbocycles. The number of aromatic nitrogens is 2. The van der Waals surface area contributed by atoms with Crippen LogP contribution in [0.2, 0.25) is 0 Å². The van der Waals surface area contributed by atoms with Crippen molar-refractivity contribution in [3.8, 4) is 78.4 Å². The quantitative estimate of drug-likeness (QED) is 0.169. The Morgan fingerprint density at radius 1 is 0.305 bits per heavy atom. The molecule has 278 valence electrons. The summed E-state index contributed by atoms with van der Waals surface area (Å²) in [5.41, 5.74) is 17.5. The Morgan fingerprint density at radius 2 is 0.831 bits per heavy atom. The summed E-state index contributed by atoms with van der Waals surface area (Å²) in [5, 5.41) is 4.68.